The average Bonchev–Trinajstić information content (AvgIpc) is 2.79. The van der Waals surface area contributed by atoms with Crippen molar-refractivity contribution in [2.45, 2.75) is 35.3 Å². The highest BCUT2D eigenvalue weighted by Crippen LogP contribution is 2.39. The smallest absolute Gasteiger partial charge is 0.276 e. The quantitative estimate of drug-likeness (QED) is 0.344. The third-order valence-electron chi connectivity index (χ3n) is 4.83. The van der Waals surface area contributed by atoms with Crippen molar-refractivity contribution in [3.63, 3.8) is 0 Å². The largest absolute Gasteiger partial charge is 0.396 e. The normalized spacial score (nSPS) is 21.3. The van der Waals surface area contributed by atoms with Gasteiger partial charge in [-0.25, -0.2) is 0 Å². The second-order valence-electron chi connectivity index (χ2n) is 7.23. The van der Waals surface area contributed by atoms with Crippen LogP contribution in [0, 0.1) is 0 Å². The van der Waals surface area contributed by atoms with E-state index < -0.39 is 16.0 Å². The van der Waals surface area contributed by atoms with Crippen LogP contribution in [0.5, 0.6) is 0 Å². The molecule has 0 saturated carbocycles. The molecule has 174 valence electrons. The minimum Gasteiger partial charge on any atom is -0.396 e. The summed E-state index contributed by atoms with van der Waals surface area (Å²) in [6.07, 6.45) is -0.347. The maximum Gasteiger partial charge on any atom is 0.276 e. The number of hydrogen-bond acceptors (Lipinski definition) is 6. The van der Waals surface area contributed by atoms with E-state index in [2.05, 4.69) is 5.32 Å². The van der Waals surface area contributed by atoms with Crippen LogP contribution in [0.1, 0.15) is 35.5 Å². The van der Waals surface area contributed by atoms with Crippen molar-refractivity contribution in [1.82, 2.24) is 0 Å². The molecule has 0 radical (unpaired) electrons. The maximum atomic E-state index is 12.0. The van der Waals surface area contributed by atoms with Gasteiger partial charge in [-0.15, -0.1) is 0 Å². The Balaban J connectivity index is 1.80. The monoisotopic (exact) mass is 519 g/mol. The number of halogens is 3. The minimum absolute atomic E-state index is 0.0231. The maximum absolute atomic E-state index is 12.0. The van der Waals surface area contributed by atoms with E-state index in [0.717, 1.165) is 11.1 Å². The van der Waals surface area contributed by atoms with Crippen LogP contribution >= 0.6 is 46.6 Å². The number of aliphatic hydroxyl groups is 2. The first-order valence-electron chi connectivity index (χ1n) is 9.97. The van der Waals surface area contributed by atoms with E-state index in [1.54, 1.807) is 30.0 Å². The summed E-state index contributed by atoms with van der Waals surface area (Å²) in [5.74, 6) is 0.569. The Morgan fingerprint density at radius 1 is 1.09 bits per heavy atom. The second kappa shape index (κ2) is 11.9. The van der Waals surface area contributed by atoms with Crippen LogP contribution in [0.4, 0.5) is 5.69 Å². The van der Waals surface area contributed by atoms with Gasteiger partial charge in [0.2, 0.25) is 0 Å². The Morgan fingerprint density at radius 3 is 2.50 bits per heavy atom. The molecule has 0 aliphatic carbocycles. The van der Waals surface area contributed by atoms with Gasteiger partial charge in [0, 0.05) is 29.2 Å². The molecular weight excluding hydrogens is 497 g/mol. The number of aliphatic hydroxyl groups excluding tert-OH is 2. The zero-order chi connectivity index (χ0) is 23.1. The van der Waals surface area contributed by atoms with E-state index in [1.165, 1.54) is 0 Å². The molecule has 6 nitrogen and oxygen atoms in total. The molecule has 32 heavy (non-hydrogen) atoms. The molecule has 1 aliphatic heterocycles. The number of carbonyl (C=O) groups is 1. The molecule has 2 aromatic rings. The van der Waals surface area contributed by atoms with Gasteiger partial charge in [0.15, 0.2) is 6.29 Å². The first-order chi connectivity index (χ1) is 15.3. The molecule has 1 fully saturated rings. The van der Waals surface area contributed by atoms with Crippen LogP contribution in [-0.4, -0.2) is 44.1 Å². The number of alkyl halides is 3. The highest BCUT2D eigenvalue weighted by molar-refractivity contribution is 7.99. The van der Waals surface area contributed by atoms with E-state index in [1.807, 2.05) is 30.3 Å². The number of thioether (sulfide) groups is 1. The summed E-state index contributed by atoms with van der Waals surface area (Å²) in [5, 5.41) is 21.0. The average molecular weight is 521 g/mol. The third kappa shape index (κ3) is 7.23. The molecule has 0 bridgehead atoms. The number of benzene rings is 2. The fourth-order valence-electron chi connectivity index (χ4n) is 3.27. The Labute approximate surface area is 206 Å². The molecule has 1 amide bonds. The molecule has 1 heterocycles. The molecule has 2 aromatic carbocycles. The van der Waals surface area contributed by atoms with Gasteiger partial charge in [-0.05, 0) is 23.3 Å². The molecular formula is C22H24Cl3NO5S. The van der Waals surface area contributed by atoms with Crippen molar-refractivity contribution < 1.29 is 24.5 Å². The SMILES string of the molecule is O=C(Nc1cccc([C@@H]2O[C@H](CSCCO)C[C@H](c3ccc(CO)cc3)O2)c1)C(Cl)(Cl)Cl. The lowest BCUT2D eigenvalue weighted by atomic mass is 10.0. The summed E-state index contributed by atoms with van der Waals surface area (Å²) in [6, 6.07) is 14.6. The standard InChI is InChI=1S/C22H24Cl3NO5S/c23-22(24,25)21(29)26-17-3-1-2-16(10-17)20-30-18(13-32-9-8-27)11-19(31-20)15-6-4-14(12-28)5-7-15/h1-7,10,18-20,27-28H,8-9,11-13H2,(H,26,29)/t18-,19+,20+/m0/s1. The van der Waals surface area contributed by atoms with Gasteiger partial charge in [0.25, 0.3) is 9.70 Å². The lowest BCUT2D eigenvalue weighted by Gasteiger charge is -2.36. The molecule has 1 aliphatic rings. The minimum atomic E-state index is -2.07. The van der Waals surface area contributed by atoms with Gasteiger partial charge < -0.3 is 25.0 Å². The van der Waals surface area contributed by atoms with Crippen molar-refractivity contribution in [3.05, 3.63) is 65.2 Å². The van der Waals surface area contributed by atoms with Gasteiger partial charge in [-0.1, -0.05) is 71.2 Å². The molecule has 1 saturated heterocycles. The first kappa shape index (κ1) is 25.6. The molecule has 3 atom stereocenters. The first-order valence-corrected chi connectivity index (χ1v) is 12.3. The molecule has 0 unspecified atom stereocenters. The topological polar surface area (TPSA) is 88.0 Å². The van der Waals surface area contributed by atoms with Gasteiger partial charge in [0.05, 0.1) is 25.4 Å². The number of anilines is 1. The zero-order valence-corrected chi connectivity index (χ0v) is 20.1. The second-order valence-corrected chi connectivity index (χ2v) is 10.7. The van der Waals surface area contributed by atoms with Crippen molar-refractivity contribution in [2.24, 2.45) is 0 Å². The summed E-state index contributed by atoms with van der Waals surface area (Å²) >= 11 is 18.5. The van der Waals surface area contributed by atoms with Gasteiger partial charge in [-0.3, -0.25) is 4.79 Å². The summed E-state index contributed by atoms with van der Waals surface area (Å²) in [5.41, 5.74) is 2.96. The molecule has 0 aromatic heterocycles. The van der Waals surface area contributed by atoms with Crippen LogP contribution in [0.15, 0.2) is 48.5 Å². The van der Waals surface area contributed by atoms with E-state index in [0.29, 0.717) is 29.2 Å². The molecule has 3 N–H and O–H groups in total. The highest BCUT2D eigenvalue weighted by Gasteiger charge is 2.33. The molecule has 0 spiro atoms. The number of hydrogen-bond donors (Lipinski definition) is 3. The predicted molar refractivity (Wildman–Crippen MR) is 128 cm³/mol. The van der Waals surface area contributed by atoms with Crippen LogP contribution in [-0.2, 0) is 20.9 Å². The van der Waals surface area contributed by atoms with E-state index in [-0.39, 0.29) is 25.4 Å². The Bertz CT molecular complexity index is 894. The number of amides is 1. The van der Waals surface area contributed by atoms with Crippen LogP contribution in [0.3, 0.4) is 0 Å². The third-order valence-corrected chi connectivity index (χ3v) is 6.42. The highest BCUT2D eigenvalue weighted by atomic mass is 35.6. The number of carbonyl (C=O) groups excluding carboxylic acids is 1. The van der Waals surface area contributed by atoms with Crippen molar-refractivity contribution >= 4 is 58.2 Å². The Morgan fingerprint density at radius 2 is 1.84 bits per heavy atom. The molecule has 10 heteroatoms. The number of nitrogens with one attached hydrogen (secondary N) is 1. The lowest BCUT2D eigenvalue weighted by Crippen LogP contribution is -2.31. The fourth-order valence-corrected chi connectivity index (χ4v) is 4.18. The van der Waals surface area contributed by atoms with E-state index in [4.69, 9.17) is 49.4 Å². The summed E-state index contributed by atoms with van der Waals surface area (Å²) < 4.78 is 10.4. The summed E-state index contributed by atoms with van der Waals surface area (Å²) in [4.78, 5) is 12.0. The van der Waals surface area contributed by atoms with Crippen molar-refractivity contribution in [2.75, 3.05) is 23.4 Å². The summed E-state index contributed by atoms with van der Waals surface area (Å²) in [7, 11) is 0. The van der Waals surface area contributed by atoms with Gasteiger partial charge >= 0.3 is 0 Å². The van der Waals surface area contributed by atoms with Crippen molar-refractivity contribution in [3.8, 4) is 0 Å². The molecule has 3 rings (SSSR count). The zero-order valence-electron chi connectivity index (χ0n) is 17.0. The predicted octanol–water partition coefficient (Wildman–Crippen LogP) is 4.76. The van der Waals surface area contributed by atoms with Crippen molar-refractivity contribution in [1.29, 1.82) is 0 Å². The number of ether oxygens (including phenoxy) is 2. The van der Waals surface area contributed by atoms with Crippen LogP contribution < -0.4 is 5.32 Å². The van der Waals surface area contributed by atoms with Gasteiger partial charge in [0.1, 0.15) is 0 Å². The Hall–Kier alpha value is -1.03. The van der Waals surface area contributed by atoms with Crippen LogP contribution in [0.25, 0.3) is 0 Å². The number of rotatable bonds is 8. The fraction of sp³-hybridized carbons (Fsp3) is 0.409. The lowest BCUT2D eigenvalue weighted by molar-refractivity contribution is -0.245. The van der Waals surface area contributed by atoms with Crippen LogP contribution in [0.2, 0.25) is 0 Å². The van der Waals surface area contributed by atoms with E-state index in [9.17, 15) is 9.90 Å². The van der Waals surface area contributed by atoms with E-state index >= 15 is 0 Å². The van der Waals surface area contributed by atoms with Gasteiger partial charge in [-0.2, -0.15) is 11.8 Å². The summed E-state index contributed by atoms with van der Waals surface area (Å²) in [6.45, 7) is 0.0823. The Kier molecular flexibility index (Phi) is 9.52.